The van der Waals surface area contributed by atoms with Gasteiger partial charge in [-0.1, -0.05) is 60.7 Å². The van der Waals surface area contributed by atoms with Crippen LogP contribution in [0.3, 0.4) is 0 Å². The van der Waals surface area contributed by atoms with E-state index in [0.717, 1.165) is 12.8 Å². The Balaban J connectivity index is 1.66. The molecule has 1 heterocycles. The molecule has 1 aliphatic rings. The zero-order valence-electron chi connectivity index (χ0n) is 15.7. The molecule has 4 nitrogen and oxygen atoms in total. The molecule has 1 N–H and O–H groups in total. The Bertz CT molecular complexity index is 724. The highest BCUT2D eigenvalue weighted by Crippen LogP contribution is 2.41. The third kappa shape index (κ3) is 5.09. The van der Waals surface area contributed by atoms with E-state index < -0.39 is 11.7 Å². The van der Waals surface area contributed by atoms with E-state index >= 15 is 0 Å². The van der Waals surface area contributed by atoms with E-state index in [9.17, 15) is 4.79 Å². The molecule has 1 aliphatic heterocycles. The Morgan fingerprint density at radius 3 is 2.19 bits per heavy atom. The summed E-state index contributed by atoms with van der Waals surface area (Å²) in [4.78, 5) is 12.1. The Morgan fingerprint density at radius 2 is 1.62 bits per heavy atom. The van der Waals surface area contributed by atoms with E-state index in [1.807, 2.05) is 57.2 Å². The molecule has 0 bridgehead atoms. The number of carbonyl (C=O) groups excluding carboxylic acids is 1. The van der Waals surface area contributed by atoms with Crippen LogP contribution >= 0.6 is 0 Å². The second-order valence-electron chi connectivity index (χ2n) is 7.88. The lowest BCUT2D eigenvalue weighted by Gasteiger charge is -2.21. The molecule has 138 valence electrons. The fourth-order valence-corrected chi connectivity index (χ4v) is 3.16. The number of ether oxygens (including phenoxy) is 2. The minimum Gasteiger partial charge on any atom is -0.444 e. The van der Waals surface area contributed by atoms with E-state index in [1.165, 1.54) is 11.1 Å². The number of amides is 1. The van der Waals surface area contributed by atoms with Gasteiger partial charge in [-0.3, -0.25) is 0 Å². The van der Waals surface area contributed by atoms with Crippen LogP contribution in [0.25, 0.3) is 0 Å². The summed E-state index contributed by atoms with van der Waals surface area (Å²) >= 11 is 0. The standard InChI is InChI=1S/C22H27NO3/c1-21(2,3)26-20(24)23-16-22(15-18-12-8-5-9-13-18)19(25-22)14-17-10-6-4-7-11-17/h4-13,19H,14-16H2,1-3H3,(H,23,24)/t19?,22-/m1/s1. The summed E-state index contributed by atoms with van der Waals surface area (Å²) in [6, 6.07) is 20.5. The number of benzene rings is 2. The molecule has 1 saturated heterocycles. The van der Waals surface area contributed by atoms with Crippen LogP contribution in [-0.2, 0) is 22.3 Å². The van der Waals surface area contributed by atoms with Gasteiger partial charge in [0.1, 0.15) is 11.2 Å². The van der Waals surface area contributed by atoms with Gasteiger partial charge < -0.3 is 14.8 Å². The van der Waals surface area contributed by atoms with Crippen molar-refractivity contribution >= 4 is 6.09 Å². The Labute approximate surface area is 155 Å². The average Bonchev–Trinajstić information content (AvgIpc) is 3.25. The molecule has 2 aromatic rings. The predicted octanol–water partition coefficient (Wildman–Crippen LogP) is 4.13. The molecule has 0 aliphatic carbocycles. The molecule has 1 unspecified atom stereocenters. The highest BCUT2D eigenvalue weighted by atomic mass is 16.6. The van der Waals surface area contributed by atoms with Crippen molar-refractivity contribution in [2.75, 3.05) is 6.54 Å². The smallest absolute Gasteiger partial charge is 0.407 e. The first-order chi connectivity index (χ1) is 12.4. The van der Waals surface area contributed by atoms with E-state index in [1.54, 1.807) is 0 Å². The highest BCUT2D eigenvalue weighted by Gasteiger charge is 2.56. The summed E-state index contributed by atoms with van der Waals surface area (Å²) in [5, 5.41) is 2.89. The summed E-state index contributed by atoms with van der Waals surface area (Å²) < 4.78 is 11.5. The first-order valence-corrected chi connectivity index (χ1v) is 9.09. The second kappa shape index (κ2) is 7.50. The van der Waals surface area contributed by atoms with Crippen LogP contribution in [0.4, 0.5) is 4.79 Å². The van der Waals surface area contributed by atoms with E-state index in [4.69, 9.17) is 9.47 Å². The molecule has 0 aromatic heterocycles. The van der Waals surface area contributed by atoms with Gasteiger partial charge in [-0.15, -0.1) is 0 Å². The van der Waals surface area contributed by atoms with Crippen LogP contribution in [0.5, 0.6) is 0 Å². The minimum atomic E-state index is -0.509. The molecular weight excluding hydrogens is 326 g/mol. The maximum Gasteiger partial charge on any atom is 0.407 e. The van der Waals surface area contributed by atoms with Crippen LogP contribution in [0.2, 0.25) is 0 Å². The fraction of sp³-hybridized carbons (Fsp3) is 0.409. The van der Waals surface area contributed by atoms with Gasteiger partial charge in [0, 0.05) is 12.8 Å². The van der Waals surface area contributed by atoms with Gasteiger partial charge in [0.2, 0.25) is 0 Å². The monoisotopic (exact) mass is 353 g/mol. The number of carbonyl (C=O) groups is 1. The third-order valence-electron chi connectivity index (χ3n) is 4.45. The third-order valence-corrected chi connectivity index (χ3v) is 4.45. The lowest BCUT2D eigenvalue weighted by atomic mass is 9.92. The molecule has 3 rings (SSSR count). The van der Waals surface area contributed by atoms with Gasteiger partial charge in [0.05, 0.1) is 12.6 Å². The van der Waals surface area contributed by atoms with Crippen molar-refractivity contribution in [1.29, 1.82) is 0 Å². The van der Waals surface area contributed by atoms with Crippen molar-refractivity contribution in [3.63, 3.8) is 0 Å². The van der Waals surface area contributed by atoms with E-state index in [0.29, 0.717) is 6.54 Å². The average molecular weight is 353 g/mol. The summed E-state index contributed by atoms with van der Waals surface area (Å²) in [7, 11) is 0. The number of rotatable bonds is 6. The molecule has 0 spiro atoms. The van der Waals surface area contributed by atoms with Crippen molar-refractivity contribution in [2.24, 2.45) is 0 Å². The molecule has 0 radical (unpaired) electrons. The lowest BCUT2D eigenvalue weighted by Crippen LogP contribution is -2.40. The summed E-state index contributed by atoms with van der Waals surface area (Å²) in [5.74, 6) is 0. The second-order valence-corrected chi connectivity index (χ2v) is 7.88. The van der Waals surface area contributed by atoms with Crippen LogP contribution in [0, 0.1) is 0 Å². The number of nitrogens with one attached hydrogen (secondary N) is 1. The van der Waals surface area contributed by atoms with Crippen LogP contribution < -0.4 is 5.32 Å². The molecular formula is C22H27NO3. The number of hydrogen-bond acceptors (Lipinski definition) is 3. The normalized spacial score (nSPS) is 21.9. The van der Waals surface area contributed by atoms with Crippen molar-refractivity contribution < 1.29 is 14.3 Å². The van der Waals surface area contributed by atoms with Crippen molar-refractivity contribution in [3.05, 3.63) is 71.8 Å². The fourth-order valence-electron chi connectivity index (χ4n) is 3.16. The van der Waals surface area contributed by atoms with Gasteiger partial charge in [-0.05, 0) is 31.9 Å². The van der Waals surface area contributed by atoms with Crippen molar-refractivity contribution in [3.8, 4) is 0 Å². The lowest BCUT2D eigenvalue weighted by molar-refractivity contribution is 0.0512. The maximum absolute atomic E-state index is 12.1. The zero-order chi connectivity index (χ0) is 18.6. The van der Waals surface area contributed by atoms with Crippen LogP contribution in [0.15, 0.2) is 60.7 Å². The quantitative estimate of drug-likeness (QED) is 0.794. The summed E-state index contributed by atoms with van der Waals surface area (Å²) in [5.41, 5.74) is 1.55. The van der Waals surface area contributed by atoms with Crippen LogP contribution in [-0.4, -0.2) is 29.9 Å². The molecule has 26 heavy (non-hydrogen) atoms. The Hall–Kier alpha value is -2.33. The maximum atomic E-state index is 12.1. The highest BCUT2D eigenvalue weighted by molar-refractivity contribution is 5.67. The van der Waals surface area contributed by atoms with Crippen molar-refractivity contribution in [1.82, 2.24) is 5.32 Å². The summed E-state index contributed by atoms with van der Waals surface area (Å²) in [6.45, 7) is 6.02. The van der Waals surface area contributed by atoms with Crippen molar-refractivity contribution in [2.45, 2.75) is 50.9 Å². The van der Waals surface area contributed by atoms with Gasteiger partial charge in [0.25, 0.3) is 0 Å². The molecule has 1 amide bonds. The van der Waals surface area contributed by atoms with Gasteiger partial charge in [-0.25, -0.2) is 4.79 Å². The van der Waals surface area contributed by atoms with Crippen LogP contribution in [0.1, 0.15) is 31.9 Å². The molecule has 1 fully saturated rings. The van der Waals surface area contributed by atoms with E-state index in [-0.39, 0.29) is 11.7 Å². The Morgan fingerprint density at radius 1 is 1.04 bits per heavy atom. The van der Waals surface area contributed by atoms with Gasteiger partial charge in [0.15, 0.2) is 0 Å². The molecule has 4 heteroatoms. The number of alkyl carbamates (subject to hydrolysis) is 1. The molecule has 2 atom stereocenters. The topological polar surface area (TPSA) is 50.9 Å². The first kappa shape index (κ1) is 18.5. The Kier molecular flexibility index (Phi) is 5.33. The molecule has 0 saturated carbocycles. The summed E-state index contributed by atoms with van der Waals surface area (Å²) in [6.07, 6.45) is 1.28. The largest absolute Gasteiger partial charge is 0.444 e. The van der Waals surface area contributed by atoms with Gasteiger partial charge >= 0.3 is 6.09 Å². The number of epoxide rings is 1. The van der Waals surface area contributed by atoms with Gasteiger partial charge in [-0.2, -0.15) is 0 Å². The van der Waals surface area contributed by atoms with E-state index in [2.05, 4.69) is 29.6 Å². The first-order valence-electron chi connectivity index (χ1n) is 9.09. The minimum absolute atomic E-state index is 0.0834. The molecule has 2 aromatic carbocycles. The number of hydrogen-bond donors (Lipinski definition) is 1. The SMILES string of the molecule is CC(C)(C)OC(=O)NC[C@@]1(Cc2ccccc2)OC1Cc1ccccc1. The zero-order valence-corrected chi connectivity index (χ0v) is 15.7. The predicted molar refractivity (Wildman–Crippen MR) is 102 cm³/mol.